The highest BCUT2D eigenvalue weighted by atomic mass is 16.3. The minimum atomic E-state index is 0.161. The van der Waals surface area contributed by atoms with Gasteiger partial charge in [0.05, 0.1) is 0 Å². The molecule has 294 valence electrons. The molecule has 3 aromatic heterocycles. The van der Waals surface area contributed by atoms with E-state index in [0.29, 0.717) is 17.5 Å². The molecule has 0 aliphatic heterocycles. The number of para-hydroxylation sites is 2. The van der Waals surface area contributed by atoms with Crippen LogP contribution in [0, 0.1) is 0 Å². The summed E-state index contributed by atoms with van der Waals surface area (Å²) >= 11 is 0. The summed E-state index contributed by atoms with van der Waals surface area (Å²) in [7, 11) is 0. The lowest BCUT2D eigenvalue weighted by molar-refractivity contribution is 0.353. The van der Waals surface area contributed by atoms with Crippen LogP contribution in [0.3, 0.4) is 0 Å². The van der Waals surface area contributed by atoms with Crippen LogP contribution in [-0.2, 0) is 5.41 Å². The van der Waals surface area contributed by atoms with Gasteiger partial charge in [0.1, 0.15) is 22.3 Å². The molecule has 2 aliphatic rings. The molecule has 0 amide bonds. The third-order valence-corrected chi connectivity index (χ3v) is 13.6. The average Bonchev–Trinajstić information content (AvgIpc) is 4.00. The Labute approximate surface area is 358 Å². The Kier molecular flexibility index (Phi) is 7.77. The highest BCUT2D eigenvalue weighted by molar-refractivity contribution is 6.13. The summed E-state index contributed by atoms with van der Waals surface area (Å²) in [5.41, 5.74) is 16.7. The Bertz CT molecular complexity index is 3440. The summed E-state index contributed by atoms with van der Waals surface area (Å²) in [6.45, 7) is 0. The molecule has 0 bridgehead atoms. The lowest BCUT2D eigenvalue weighted by Crippen LogP contribution is -2.27. The second-order valence-corrected chi connectivity index (χ2v) is 17.0. The van der Waals surface area contributed by atoms with Gasteiger partial charge < -0.3 is 8.83 Å². The molecule has 3 heterocycles. The van der Waals surface area contributed by atoms with E-state index in [-0.39, 0.29) is 5.41 Å². The van der Waals surface area contributed by atoms with E-state index in [9.17, 15) is 0 Å². The summed E-state index contributed by atoms with van der Waals surface area (Å²) in [5, 5.41) is 4.01. The quantitative estimate of drug-likeness (QED) is 0.174. The van der Waals surface area contributed by atoms with Gasteiger partial charge in [-0.05, 0) is 93.7 Å². The first-order valence-corrected chi connectivity index (χ1v) is 21.7. The van der Waals surface area contributed by atoms with Gasteiger partial charge in [-0.1, -0.05) is 159 Å². The van der Waals surface area contributed by atoms with E-state index in [0.717, 1.165) is 71.7 Å². The zero-order chi connectivity index (χ0) is 40.8. The number of hydrogen-bond acceptors (Lipinski definition) is 5. The van der Waals surface area contributed by atoms with E-state index in [1.807, 2.05) is 60.7 Å². The van der Waals surface area contributed by atoms with E-state index in [1.54, 1.807) is 0 Å². The van der Waals surface area contributed by atoms with Crippen LogP contribution in [0.2, 0.25) is 0 Å². The second kappa shape index (κ2) is 13.7. The highest BCUT2D eigenvalue weighted by Crippen LogP contribution is 2.56. The van der Waals surface area contributed by atoms with Gasteiger partial charge in [0, 0.05) is 43.7 Å². The van der Waals surface area contributed by atoms with Gasteiger partial charge in [-0.15, -0.1) is 0 Å². The first-order chi connectivity index (χ1) is 30.7. The van der Waals surface area contributed by atoms with Crippen molar-refractivity contribution in [1.82, 2.24) is 15.0 Å². The molecule has 2 aliphatic carbocycles. The number of fused-ring (bicyclic) bond motifs is 11. The maximum Gasteiger partial charge on any atom is 0.164 e. The highest BCUT2D eigenvalue weighted by Gasteiger charge is 2.43. The molecule has 11 aromatic rings. The third kappa shape index (κ3) is 5.37. The van der Waals surface area contributed by atoms with E-state index >= 15 is 0 Å². The summed E-state index contributed by atoms with van der Waals surface area (Å²) in [6, 6.07) is 62.3. The van der Waals surface area contributed by atoms with Crippen molar-refractivity contribution in [3.63, 3.8) is 0 Å². The number of rotatable bonds is 5. The topological polar surface area (TPSA) is 65.0 Å². The average molecular weight is 798 g/mol. The molecular weight excluding hydrogens is 759 g/mol. The largest absolute Gasteiger partial charge is 0.456 e. The smallest absolute Gasteiger partial charge is 0.164 e. The maximum atomic E-state index is 6.31. The monoisotopic (exact) mass is 797 g/mol. The zero-order valence-electron chi connectivity index (χ0n) is 33.9. The molecule has 0 N–H and O–H groups in total. The molecule has 0 radical (unpaired) electrons. The molecule has 5 nitrogen and oxygen atoms in total. The molecule has 0 atom stereocenters. The molecule has 8 aromatic carbocycles. The van der Waals surface area contributed by atoms with Gasteiger partial charge in [0.25, 0.3) is 0 Å². The number of aromatic nitrogens is 3. The standard InChI is InChI=1S/C57H39N3O2/c1-8-31-57(32-9-1)46-20-5-2-15-40(46)45-34-39(29-30-47(45)57)38-14-10-13-37(33-38)35-25-27-36(28-26-35)54-58-55(43-18-11-23-50-52(43)41-16-3-6-21-48(41)61-50)60-56(59-54)44-19-12-24-51-53(44)42-17-4-7-22-49(42)62-51/h2-7,10-30,33-34H,1,8-9,31-32H2. The predicted molar refractivity (Wildman–Crippen MR) is 251 cm³/mol. The molecule has 5 heteroatoms. The van der Waals surface area contributed by atoms with Gasteiger partial charge in [-0.2, -0.15) is 0 Å². The van der Waals surface area contributed by atoms with Crippen LogP contribution in [0.25, 0.3) is 111 Å². The number of benzene rings is 8. The van der Waals surface area contributed by atoms with Crippen LogP contribution in [0.4, 0.5) is 0 Å². The number of nitrogens with zero attached hydrogens (tertiary/aromatic N) is 3. The Balaban J connectivity index is 0.912. The summed E-state index contributed by atoms with van der Waals surface area (Å²) in [6.07, 6.45) is 6.41. The van der Waals surface area contributed by atoms with Crippen molar-refractivity contribution in [2.24, 2.45) is 0 Å². The van der Waals surface area contributed by atoms with Gasteiger partial charge >= 0.3 is 0 Å². The zero-order valence-corrected chi connectivity index (χ0v) is 33.9. The first-order valence-electron chi connectivity index (χ1n) is 21.7. The fraction of sp³-hybridized carbons (Fsp3) is 0.105. The van der Waals surface area contributed by atoms with Crippen molar-refractivity contribution in [1.29, 1.82) is 0 Å². The Morgan fingerprint density at radius 2 is 0.823 bits per heavy atom. The van der Waals surface area contributed by atoms with Crippen LogP contribution in [-0.4, -0.2) is 15.0 Å². The summed E-state index contributed by atoms with van der Waals surface area (Å²) in [4.78, 5) is 15.7. The van der Waals surface area contributed by atoms with Gasteiger partial charge in [0.15, 0.2) is 17.5 Å². The fourth-order valence-corrected chi connectivity index (χ4v) is 10.7. The number of furan rings is 2. The van der Waals surface area contributed by atoms with Crippen molar-refractivity contribution in [3.05, 3.63) is 187 Å². The van der Waals surface area contributed by atoms with E-state index < -0.39 is 0 Å². The van der Waals surface area contributed by atoms with Crippen LogP contribution < -0.4 is 0 Å². The Morgan fingerprint density at radius 3 is 1.50 bits per heavy atom. The minimum absolute atomic E-state index is 0.161. The van der Waals surface area contributed by atoms with Gasteiger partial charge in [-0.25, -0.2) is 15.0 Å². The van der Waals surface area contributed by atoms with Crippen molar-refractivity contribution >= 4 is 43.9 Å². The maximum absolute atomic E-state index is 6.31. The minimum Gasteiger partial charge on any atom is -0.456 e. The van der Waals surface area contributed by atoms with Crippen LogP contribution in [0.1, 0.15) is 43.2 Å². The normalized spacial score (nSPS) is 14.3. The lowest BCUT2D eigenvalue weighted by atomic mass is 9.68. The van der Waals surface area contributed by atoms with Crippen LogP contribution >= 0.6 is 0 Å². The summed E-state index contributed by atoms with van der Waals surface area (Å²) in [5.74, 6) is 1.75. The molecule has 0 saturated heterocycles. The van der Waals surface area contributed by atoms with Gasteiger partial charge in [-0.3, -0.25) is 0 Å². The molecule has 1 spiro atoms. The van der Waals surface area contributed by atoms with Gasteiger partial charge in [0.2, 0.25) is 0 Å². The van der Waals surface area contributed by atoms with Crippen LogP contribution in [0.5, 0.6) is 0 Å². The van der Waals surface area contributed by atoms with E-state index in [4.69, 9.17) is 23.8 Å². The molecule has 0 unspecified atom stereocenters. The van der Waals surface area contributed by atoms with Crippen molar-refractivity contribution in [2.75, 3.05) is 0 Å². The molecule has 62 heavy (non-hydrogen) atoms. The predicted octanol–water partition coefficient (Wildman–Crippen LogP) is 15.2. The Hall–Kier alpha value is -7.63. The fourth-order valence-electron chi connectivity index (χ4n) is 10.7. The summed E-state index contributed by atoms with van der Waals surface area (Å²) < 4.78 is 12.6. The molecular formula is C57H39N3O2. The van der Waals surface area contributed by atoms with Crippen molar-refractivity contribution in [3.8, 4) is 67.5 Å². The van der Waals surface area contributed by atoms with Crippen molar-refractivity contribution < 1.29 is 8.83 Å². The van der Waals surface area contributed by atoms with Crippen LogP contribution in [0.15, 0.2) is 185 Å². The first kappa shape index (κ1) is 35.2. The second-order valence-electron chi connectivity index (χ2n) is 17.0. The molecule has 1 fully saturated rings. The Morgan fingerprint density at radius 1 is 0.339 bits per heavy atom. The van der Waals surface area contributed by atoms with E-state index in [2.05, 4.69) is 115 Å². The third-order valence-electron chi connectivity index (χ3n) is 13.6. The molecule has 1 saturated carbocycles. The number of hydrogen-bond donors (Lipinski definition) is 0. The lowest BCUT2D eigenvalue weighted by Gasteiger charge is -2.36. The SMILES string of the molecule is c1cc(-c2ccc(-c3nc(-c4cccc5oc6ccccc6c45)nc(-c4cccc5oc6ccccc6c45)n3)cc2)cc(-c2ccc3c(c2)-c2ccccc2C32CCCCC2)c1. The molecule has 13 rings (SSSR count). The van der Waals surface area contributed by atoms with Crippen molar-refractivity contribution in [2.45, 2.75) is 37.5 Å². The van der Waals surface area contributed by atoms with E-state index in [1.165, 1.54) is 65.5 Å².